The number of carbonyl (C=O) groups excluding carboxylic acids is 1. The van der Waals surface area contributed by atoms with E-state index in [0.717, 1.165) is 11.1 Å². The third kappa shape index (κ3) is 3.19. The number of ether oxygens (including phenoxy) is 2. The Kier molecular flexibility index (Phi) is 3.85. The highest BCUT2D eigenvalue weighted by atomic mass is 16.7. The molecule has 1 N–H and O–H groups in total. The van der Waals surface area contributed by atoms with Crippen LogP contribution < -0.4 is 14.8 Å². The van der Waals surface area contributed by atoms with Crippen LogP contribution in [-0.4, -0.2) is 30.6 Å². The summed E-state index contributed by atoms with van der Waals surface area (Å²) in [6.45, 7) is 0.889. The van der Waals surface area contributed by atoms with E-state index >= 15 is 0 Å². The highest BCUT2D eigenvalue weighted by Gasteiger charge is 2.23. The number of amides is 1. The zero-order chi connectivity index (χ0) is 17.2. The molecule has 0 atom stereocenters. The molecular weight excluding hydrogens is 318 g/mol. The quantitative estimate of drug-likeness (QED) is 0.875. The molecular formula is C19H17N3O3. The molecule has 6 nitrogen and oxygen atoms in total. The van der Waals surface area contributed by atoms with Crippen LogP contribution in [0.4, 0.5) is 0 Å². The van der Waals surface area contributed by atoms with Gasteiger partial charge in [0, 0.05) is 13.6 Å². The molecule has 0 aromatic heterocycles. The van der Waals surface area contributed by atoms with Gasteiger partial charge >= 0.3 is 0 Å². The molecule has 2 aliphatic heterocycles. The Bertz CT molecular complexity index is 875. The van der Waals surface area contributed by atoms with E-state index in [4.69, 9.17) is 9.47 Å². The first-order chi connectivity index (χ1) is 12.2. The van der Waals surface area contributed by atoms with Crippen molar-refractivity contribution < 1.29 is 14.3 Å². The summed E-state index contributed by atoms with van der Waals surface area (Å²) in [4.78, 5) is 18.5. The van der Waals surface area contributed by atoms with E-state index < -0.39 is 0 Å². The second kappa shape index (κ2) is 6.32. The predicted octanol–water partition coefficient (Wildman–Crippen LogP) is 2.37. The standard InChI is InChI=1S/C19H17N3O3/c1-22(11-13-5-3-2-4-6-13)19-20-15(18(23)21-19)9-14-7-8-16-17(10-14)25-12-24-16/h2-10H,11-12H2,1H3,(H,20,21,23). The zero-order valence-electron chi connectivity index (χ0n) is 13.7. The fourth-order valence-electron chi connectivity index (χ4n) is 2.73. The fourth-order valence-corrected chi connectivity index (χ4v) is 2.73. The Morgan fingerprint density at radius 3 is 2.80 bits per heavy atom. The molecule has 126 valence electrons. The molecule has 2 aliphatic rings. The van der Waals surface area contributed by atoms with Crippen molar-refractivity contribution >= 4 is 17.9 Å². The molecule has 0 radical (unpaired) electrons. The summed E-state index contributed by atoms with van der Waals surface area (Å²) in [5.74, 6) is 1.72. The fraction of sp³-hybridized carbons (Fsp3) is 0.158. The molecule has 0 fully saturated rings. The van der Waals surface area contributed by atoms with Crippen molar-refractivity contribution in [2.45, 2.75) is 6.54 Å². The number of hydrogen-bond acceptors (Lipinski definition) is 5. The average molecular weight is 335 g/mol. The summed E-state index contributed by atoms with van der Waals surface area (Å²) in [6, 6.07) is 15.6. The Hall–Kier alpha value is -3.28. The van der Waals surface area contributed by atoms with Gasteiger partial charge < -0.3 is 14.4 Å². The molecule has 4 rings (SSSR count). The van der Waals surface area contributed by atoms with E-state index in [2.05, 4.69) is 10.3 Å². The Morgan fingerprint density at radius 1 is 1.16 bits per heavy atom. The maximum atomic E-state index is 12.2. The summed E-state index contributed by atoms with van der Waals surface area (Å²) in [7, 11) is 1.90. The molecule has 2 aromatic rings. The monoisotopic (exact) mass is 335 g/mol. The first-order valence-corrected chi connectivity index (χ1v) is 7.95. The van der Waals surface area contributed by atoms with Gasteiger partial charge in [-0.05, 0) is 29.3 Å². The minimum atomic E-state index is -0.215. The van der Waals surface area contributed by atoms with Crippen LogP contribution in [0.15, 0.2) is 59.2 Å². The number of fused-ring (bicyclic) bond motifs is 1. The van der Waals surface area contributed by atoms with E-state index in [-0.39, 0.29) is 12.7 Å². The van der Waals surface area contributed by atoms with Gasteiger partial charge in [0.05, 0.1) is 0 Å². The Morgan fingerprint density at radius 2 is 1.96 bits per heavy atom. The lowest BCUT2D eigenvalue weighted by atomic mass is 10.1. The van der Waals surface area contributed by atoms with Gasteiger partial charge in [-0.1, -0.05) is 36.4 Å². The third-order valence-electron chi connectivity index (χ3n) is 4.01. The van der Waals surface area contributed by atoms with Crippen molar-refractivity contribution in [1.82, 2.24) is 10.2 Å². The molecule has 0 spiro atoms. The minimum absolute atomic E-state index is 0.215. The highest BCUT2D eigenvalue weighted by Crippen LogP contribution is 2.33. The van der Waals surface area contributed by atoms with Crippen LogP contribution in [0.2, 0.25) is 0 Å². The summed E-state index contributed by atoms with van der Waals surface area (Å²) in [5, 5.41) is 2.81. The number of benzene rings is 2. The molecule has 6 heteroatoms. The Labute approximate surface area is 145 Å². The van der Waals surface area contributed by atoms with Gasteiger partial charge in [-0.25, -0.2) is 4.99 Å². The van der Waals surface area contributed by atoms with E-state index in [9.17, 15) is 4.79 Å². The summed E-state index contributed by atoms with van der Waals surface area (Å²) in [6.07, 6.45) is 1.74. The SMILES string of the molecule is CN(Cc1ccccc1)C1=NC(=Cc2ccc3c(c2)OCO3)C(=O)N1. The van der Waals surface area contributed by atoms with Crippen molar-refractivity contribution in [3.63, 3.8) is 0 Å². The normalized spacial score (nSPS) is 16.8. The lowest BCUT2D eigenvalue weighted by Crippen LogP contribution is -2.37. The number of guanidine groups is 1. The number of nitrogens with zero attached hydrogens (tertiary/aromatic N) is 2. The minimum Gasteiger partial charge on any atom is -0.454 e. The Balaban J connectivity index is 1.53. The van der Waals surface area contributed by atoms with Crippen LogP contribution in [0.25, 0.3) is 6.08 Å². The van der Waals surface area contributed by atoms with Crippen LogP contribution in [0.5, 0.6) is 11.5 Å². The topological polar surface area (TPSA) is 63.2 Å². The largest absolute Gasteiger partial charge is 0.454 e. The lowest BCUT2D eigenvalue weighted by Gasteiger charge is -2.17. The van der Waals surface area contributed by atoms with Crippen molar-refractivity contribution in [3.05, 3.63) is 65.4 Å². The number of aliphatic imine (C=N–C) groups is 1. The predicted molar refractivity (Wildman–Crippen MR) is 94.0 cm³/mol. The van der Waals surface area contributed by atoms with Crippen LogP contribution in [0, 0.1) is 0 Å². The molecule has 0 saturated heterocycles. The number of nitrogens with one attached hydrogen (secondary N) is 1. The van der Waals surface area contributed by atoms with Crippen LogP contribution in [0.1, 0.15) is 11.1 Å². The van der Waals surface area contributed by atoms with E-state index in [1.54, 1.807) is 6.08 Å². The molecule has 0 unspecified atom stereocenters. The third-order valence-corrected chi connectivity index (χ3v) is 4.01. The first kappa shape index (κ1) is 15.3. The van der Waals surface area contributed by atoms with E-state index in [1.807, 2.05) is 60.5 Å². The number of carbonyl (C=O) groups is 1. The molecule has 2 aromatic carbocycles. The first-order valence-electron chi connectivity index (χ1n) is 7.95. The molecule has 1 amide bonds. The van der Waals surface area contributed by atoms with Crippen molar-refractivity contribution in [1.29, 1.82) is 0 Å². The van der Waals surface area contributed by atoms with E-state index in [0.29, 0.717) is 29.7 Å². The summed E-state index contributed by atoms with van der Waals surface area (Å²) < 4.78 is 10.7. The van der Waals surface area contributed by atoms with Crippen molar-refractivity contribution in [3.8, 4) is 11.5 Å². The molecule has 2 heterocycles. The smallest absolute Gasteiger partial charge is 0.276 e. The number of rotatable bonds is 3. The highest BCUT2D eigenvalue weighted by molar-refractivity contribution is 6.13. The molecule has 0 bridgehead atoms. The van der Waals surface area contributed by atoms with Gasteiger partial charge in [0.25, 0.3) is 5.91 Å². The lowest BCUT2D eigenvalue weighted by molar-refractivity contribution is -0.115. The number of hydrogen-bond donors (Lipinski definition) is 1. The van der Waals surface area contributed by atoms with E-state index in [1.165, 1.54) is 0 Å². The second-order valence-corrected chi connectivity index (χ2v) is 5.87. The van der Waals surface area contributed by atoms with Crippen LogP contribution >= 0.6 is 0 Å². The maximum Gasteiger partial charge on any atom is 0.276 e. The maximum absolute atomic E-state index is 12.2. The zero-order valence-corrected chi connectivity index (χ0v) is 13.7. The second-order valence-electron chi connectivity index (χ2n) is 5.87. The summed E-state index contributed by atoms with van der Waals surface area (Å²) >= 11 is 0. The molecule has 25 heavy (non-hydrogen) atoms. The average Bonchev–Trinajstić information content (AvgIpc) is 3.22. The van der Waals surface area contributed by atoms with Gasteiger partial charge in [0.1, 0.15) is 5.70 Å². The van der Waals surface area contributed by atoms with Crippen LogP contribution in [-0.2, 0) is 11.3 Å². The van der Waals surface area contributed by atoms with Crippen molar-refractivity contribution in [2.75, 3.05) is 13.8 Å². The van der Waals surface area contributed by atoms with Gasteiger partial charge in [-0.2, -0.15) is 0 Å². The summed E-state index contributed by atoms with van der Waals surface area (Å²) in [5.41, 5.74) is 2.36. The molecule has 0 saturated carbocycles. The van der Waals surface area contributed by atoms with Gasteiger partial charge in [0.15, 0.2) is 11.5 Å². The van der Waals surface area contributed by atoms with Gasteiger partial charge in [-0.15, -0.1) is 0 Å². The van der Waals surface area contributed by atoms with Gasteiger partial charge in [-0.3, -0.25) is 10.1 Å². The molecule has 0 aliphatic carbocycles. The van der Waals surface area contributed by atoms with Crippen LogP contribution in [0.3, 0.4) is 0 Å². The van der Waals surface area contributed by atoms with Gasteiger partial charge in [0.2, 0.25) is 12.8 Å². The van der Waals surface area contributed by atoms with Crippen molar-refractivity contribution in [2.24, 2.45) is 4.99 Å².